The molecule has 1 heterocycles. The van der Waals surface area contributed by atoms with E-state index in [-0.39, 0.29) is 0 Å². The van der Waals surface area contributed by atoms with Crippen LogP contribution >= 0.6 is 0 Å². The van der Waals surface area contributed by atoms with Crippen LogP contribution in [-0.4, -0.2) is 4.98 Å². The molecule has 1 heteroatoms. The SMILES string of the molecule is CCCCCCCc1ccc(-c2ccc(CC)cn2)cc1. The van der Waals surface area contributed by atoms with Crippen LogP contribution in [0.3, 0.4) is 0 Å². The van der Waals surface area contributed by atoms with E-state index in [4.69, 9.17) is 0 Å². The van der Waals surface area contributed by atoms with Crippen molar-refractivity contribution in [1.29, 1.82) is 0 Å². The smallest absolute Gasteiger partial charge is 0.0702 e. The lowest BCUT2D eigenvalue weighted by Crippen LogP contribution is -1.89. The highest BCUT2D eigenvalue weighted by Gasteiger charge is 2.00. The highest BCUT2D eigenvalue weighted by atomic mass is 14.7. The molecule has 1 aromatic heterocycles. The van der Waals surface area contributed by atoms with Gasteiger partial charge in [-0.3, -0.25) is 4.98 Å². The largest absolute Gasteiger partial charge is 0.256 e. The summed E-state index contributed by atoms with van der Waals surface area (Å²) in [5.41, 5.74) is 5.02. The summed E-state index contributed by atoms with van der Waals surface area (Å²) in [4.78, 5) is 4.55. The van der Waals surface area contributed by atoms with Crippen LogP contribution in [0.1, 0.15) is 57.1 Å². The van der Waals surface area contributed by atoms with Gasteiger partial charge in [-0.15, -0.1) is 0 Å². The van der Waals surface area contributed by atoms with Crippen LogP contribution in [0.25, 0.3) is 11.3 Å². The molecule has 0 radical (unpaired) electrons. The number of aryl methyl sites for hydroxylation is 2. The Morgan fingerprint density at radius 1 is 0.762 bits per heavy atom. The minimum absolute atomic E-state index is 1.05. The highest BCUT2D eigenvalue weighted by Crippen LogP contribution is 2.19. The molecule has 0 aliphatic heterocycles. The number of unbranched alkanes of at least 4 members (excludes halogenated alkanes) is 4. The van der Waals surface area contributed by atoms with Crippen molar-refractivity contribution in [3.63, 3.8) is 0 Å². The van der Waals surface area contributed by atoms with Gasteiger partial charge in [0, 0.05) is 11.8 Å². The van der Waals surface area contributed by atoms with Crippen LogP contribution in [0.15, 0.2) is 42.6 Å². The van der Waals surface area contributed by atoms with Crippen molar-refractivity contribution in [2.75, 3.05) is 0 Å². The van der Waals surface area contributed by atoms with E-state index in [0.717, 1.165) is 12.1 Å². The normalized spacial score (nSPS) is 10.8. The lowest BCUT2D eigenvalue weighted by Gasteiger charge is -2.05. The maximum atomic E-state index is 4.55. The maximum Gasteiger partial charge on any atom is 0.0702 e. The highest BCUT2D eigenvalue weighted by molar-refractivity contribution is 5.59. The van der Waals surface area contributed by atoms with E-state index in [2.05, 4.69) is 55.2 Å². The molecular weight excluding hydrogens is 254 g/mol. The van der Waals surface area contributed by atoms with E-state index in [9.17, 15) is 0 Å². The first-order valence-electron chi connectivity index (χ1n) is 8.37. The van der Waals surface area contributed by atoms with E-state index >= 15 is 0 Å². The molecule has 0 saturated carbocycles. The van der Waals surface area contributed by atoms with Gasteiger partial charge in [0.2, 0.25) is 0 Å². The zero-order valence-corrected chi connectivity index (χ0v) is 13.4. The summed E-state index contributed by atoms with van der Waals surface area (Å²) in [6.45, 7) is 4.42. The second-order valence-electron chi connectivity index (χ2n) is 5.77. The predicted octanol–water partition coefficient (Wildman–Crippen LogP) is 5.82. The van der Waals surface area contributed by atoms with Crippen molar-refractivity contribution in [2.45, 2.75) is 58.8 Å². The molecule has 0 saturated heterocycles. The molecule has 0 aliphatic rings. The zero-order chi connectivity index (χ0) is 14.9. The van der Waals surface area contributed by atoms with Crippen molar-refractivity contribution in [3.05, 3.63) is 53.7 Å². The summed E-state index contributed by atoms with van der Waals surface area (Å²) in [5.74, 6) is 0. The molecule has 1 nitrogen and oxygen atoms in total. The molecule has 0 spiro atoms. The molecule has 0 unspecified atom stereocenters. The average molecular weight is 281 g/mol. The summed E-state index contributed by atoms with van der Waals surface area (Å²) in [5, 5.41) is 0. The van der Waals surface area contributed by atoms with Gasteiger partial charge >= 0.3 is 0 Å². The van der Waals surface area contributed by atoms with Crippen molar-refractivity contribution in [3.8, 4) is 11.3 Å². The fraction of sp³-hybridized carbons (Fsp3) is 0.450. The Balaban J connectivity index is 1.88. The fourth-order valence-corrected chi connectivity index (χ4v) is 2.58. The van der Waals surface area contributed by atoms with Crippen molar-refractivity contribution in [1.82, 2.24) is 4.98 Å². The third kappa shape index (κ3) is 5.00. The molecular formula is C20H27N. The minimum atomic E-state index is 1.05. The van der Waals surface area contributed by atoms with Gasteiger partial charge in [-0.25, -0.2) is 0 Å². The lowest BCUT2D eigenvalue weighted by atomic mass is 10.0. The molecule has 112 valence electrons. The number of nitrogens with zero attached hydrogens (tertiary/aromatic N) is 1. The van der Waals surface area contributed by atoms with Crippen LogP contribution in [0.4, 0.5) is 0 Å². The molecule has 21 heavy (non-hydrogen) atoms. The van der Waals surface area contributed by atoms with Crippen LogP contribution in [0.5, 0.6) is 0 Å². The van der Waals surface area contributed by atoms with Gasteiger partial charge in [-0.2, -0.15) is 0 Å². The Bertz CT molecular complexity index is 511. The number of pyridine rings is 1. The third-order valence-electron chi connectivity index (χ3n) is 4.05. The number of benzene rings is 1. The molecule has 0 N–H and O–H groups in total. The van der Waals surface area contributed by atoms with Gasteiger partial charge in [0.05, 0.1) is 5.69 Å². The van der Waals surface area contributed by atoms with Crippen LogP contribution in [0.2, 0.25) is 0 Å². The number of hydrogen-bond acceptors (Lipinski definition) is 1. The second-order valence-corrected chi connectivity index (χ2v) is 5.77. The van der Waals surface area contributed by atoms with Crippen molar-refractivity contribution in [2.24, 2.45) is 0 Å². The van der Waals surface area contributed by atoms with Crippen LogP contribution in [0, 0.1) is 0 Å². The number of aromatic nitrogens is 1. The monoisotopic (exact) mass is 281 g/mol. The van der Waals surface area contributed by atoms with Gasteiger partial charge in [-0.05, 0) is 36.5 Å². The van der Waals surface area contributed by atoms with E-state index < -0.39 is 0 Å². The van der Waals surface area contributed by atoms with E-state index in [1.54, 1.807) is 0 Å². The molecule has 0 aliphatic carbocycles. The molecule has 0 amide bonds. The maximum absolute atomic E-state index is 4.55. The van der Waals surface area contributed by atoms with Crippen LogP contribution < -0.4 is 0 Å². The third-order valence-corrected chi connectivity index (χ3v) is 4.05. The first kappa shape index (κ1) is 15.8. The van der Waals surface area contributed by atoms with E-state index in [1.165, 1.54) is 55.2 Å². The summed E-state index contributed by atoms with van der Waals surface area (Å²) < 4.78 is 0. The van der Waals surface area contributed by atoms with E-state index in [1.807, 2.05) is 6.20 Å². The molecule has 2 rings (SSSR count). The van der Waals surface area contributed by atoms with Gasteiger partial charge in [-0.1, -0.05) is 69.9 Å². The van der Waals surface area contributed by atoms with Crippen molar-refractivity contribution < 1.29 is 0 Å². The Morgan fingerprint density at radius 3 is 2.10 bits per heavy atom. The summed E-state index contributed by atoms with van der Waals surface area (Å²) in [6.07, 6.45) is 11.0. The van der Waals surface area contributed by atoms with Crippen LogP contribution in [-0.2, 0) is 12.8 Å². The van der Waals surface area contributed by atoms with Gasteiger partial charge in [0.15, 0.2) is 0 Å². The average Bonchev–Trinajstić information content (AvgIpc) is 2.55. The number of rotatable bonds is 8. The second kappa shape index (κ2) is 8.61. The van der Waals surface area contributed by atoms with E-state index in [0.29, 0.717) is 0 Å². The predicted molar refractivity (Wildman–Crippen MR) is 91.5 cm³/mol. The Kier molecular flexibility index (Phi) is 6.46. The summed E-state index contributed by atoms with van der Waals surface area (Å²) >= 11 is 0. The summed E-state index contributed by atoms with van der Waals surface area (Å²) in [7, 11) is 0. The Hall–Kier alpha value is -1.63. The molecule has 0 atom stereocenters. The Morgan fingerprint density at radius 2 is 1.48 bits per heavy atom. The van der Waals surface area contributed by atoms with Crippen molar-refractivity contribution >= 4 is 0 Å². The number of hydrogen-bond donors (Lipinski definition) is 0. The molecule has 0 fully saturated rings. The standard InChI is InChI=1S/C20H27N/c1-3-5-6-7-8-9-18-10-13-19(14-11-18)20-15-12-17(4-2)16-21-20/h10-16H,3-9H2,1-2H3. The lowest BCUT2D eigenvalue weighted by molar-refractivity contribution is 0.632. The molecule has 2 aromatic rings. The first-order chi connectivity index (χ1) is 10.3. The quantitative estimate of drug-likeness (QED) is 0.555. The molecule has 0 bridgehead atoms. The van der Waals surface area contributed by atoms with Gasteiger partial charge in [0.1, 0.15) is 0 Å². The van der Waals surface area contributed by atoms with Gasteiger partial charge < -0.3 is 0 Å². The fourth-order valence-electron chi connectivity index (χ4n) is 2.58. The minimum Gasteiger partial charge on any atom is -0.256 e. The zero-order valence-electron chi connectivity index (χ0n) is 13.4. The van der Waals surface area contributed by atoms with Gasteiger partial charge in [0.25, 0.3) is 0 Å². The summed E-state index contributed by atoms with van der Waals surface area (Å²) in [6, 6.07) is 13.2. The first-order valence-corrected chi connectivity index (χ1v) is 8.37. The topological polar surface area (TPSA) is 12.9 Å². The Labute approximate surface area is 129 Å². The molecule has 1 aromatic carbocycles.